The zero-order valence-electron chi connectivity index (χ0n) is 8.89. The van der Waals surface area contributed by atoms with Crippen molar-refractivity contribution in [2.75, 3.05) is 11.9 Å². The fourth-order valence-corrected chi connectivity index (χ4v) is 1.58. The molecule has 0 saturated carbocycles. The molecule has 1 unspecified atom stereocenters. The highest BCUT2D eigenvalue weighted by Gasteiger charge is 1.99. The van der Waals surface area contributed by atoms with Crippen LogP contribution in [0.2, 0.25) is 5.02 Å². The van der Waals surface area contributed by atoms with E-state index < -0.39 is 0 Å². The van der Waals surface area contributed by atoms with Gasteiger partial charge in [0.05, 0.1) is 0 Å². The molecule has 1 atom stereocenters. The van der Waals surface area contributed by atoms with Crippen LogP contribution in [0.3, 0.4) is 0 Å². The van der Waals surface area contributed by atoms with Gasteiger partial charge in [-0.1, -0.05) is 31.9 Å². The zero-order chi connectivity index (χ0) is 10.4. The van der Waals surface area contributed by atoms with Crippen LogP contribution in [0.5, 0.6) is 0 Å². The molecule has 0 aliphatic carbocycles. The van der Waals surface area contributed by atoms with Crippen molar-refractivity contribution < 1.29 is 0 Å². The quantitative estimate of drug-likeness (QED) is 0.770. The molecule has 0 aliphatic rings. The van der Waals surface area contributed by atoms with Gasteiger partial charge < -0.3 is 5.32 Å². The van der Waals surface area contributed by atoms with E-state index in [-0.39, 0.29) is 0 Å². The van der Waals surface area contributed by atoms with Gasteiger partial charge in [-0.3, -0.25) is 0 Å². The van der Waals surface area contributed by atoms with Gasteiger partial charge in [0.25, 0.3) is 0 Å². The number of anilines is 1. The fourth-order valence-electron chi connectivity index (χ4n) is 1.45. The first-order valence-corrected chi connectivity index (χ1v) is 5.59. The SMILES string of the molecule is CCCC(C)CNc1ccc(Cl)cc1. The van der Waals surface area contributed by atoms with Gasteiger partial charge in [0, 0.05) is 17.3 Å². The predicted octanol–water partition coefficient (Wildman–Crippen LogP) is 4.19. The van der Waals surface area contributed by atoms with Crippen LogP contribution in [-0.2, 0) is 0 Å². The maximum Gasteiger partial charge on any atom is 0.0407 e. The van der Waals surface area contributed by atoms with E-state index in [1.54, 1.807) is 0 Å². The largest absolute Gasteiger partial charge is 0.385 e. The lowest BCUT2D eigenvalue weighted by molar-refractivity contribution is 0.551. The second-order valence-electron chi connectivity index (χ2n) is 3.78. The molecule has 0 fully saturated rings. The highest BCUT2D eigenvalue weighted by molar-refractivity contribution is 6.30. The Kier molecular flexibility index (Phi) is 4.81. The van der Waals surface area contributed by atoms with Gasteiger partial charge in [0.15, 0.2) is 0 Å². The van der Waals surface area contributed by atoms with Gasteiger partial charge in [-0.15, -0.1) is 0 Å². The topological polar surface area (TPSA) is 12.0 Å². The highest BCUT2D eigenvalue weighted by atomic mass is 35.5. The molecule has 78 valence electrons. The van der Waals surface area contributed by atoms with Crippen molar-refractivity contribution in [3.05, 3.63) is 29.3 Å². The van der Waals surface area contributed by atoms with Crippen LogP contribution in [0.15, 0.2) is 24.3 Å². The fraction of sp³-hybridized carbons (Fsp3) is 0.500. The van der Waals surface area contributed by atoms with Crippen LogP contribution in [0, 0.1) is 5.92 Å². The molecule has 0 aromatic heterocycles. The molecule has 1 rings (SSSR count). The van der Waals surface area contributed by atoms with Crippen molar-refractivity contribution in [2.45, 2.75) is 26.7 Å². The van der Waals surface area contributed by atoms with Crippen molar-refractivity contribution in [1.82, 2.24) is 0 Å². The Hall–Kier alpha value is -0.690. The molecular formula is C12H18ClN. The predicted molar refractivity (Wildman–Crippen MR) is 64.0 cm³/mol. The molecule has 1 N–H and O–H groups in total. The van der Waals surface area contributed by atoms with Crippen molar-refractivity contribution in [3.63, 3.8) is 0 Å². The maximum atomic E-state index is 5.80. The number of halogens is 1. The molecule has 2 heteroatoms. The molecule has 0 aliphatic heterocycles. The van der Waals surface area contributed by atoms with Gasteiger partial charge in [-0.05, 0) is 36.6 Å². The molecule has 1 aromatic rings. The van der Waals surface area contributed by atoms with E-state index in [2.05, 4.69) is 19.2 Å². The van der Waals surface area contributed by atoms with Crippen molar-refractivity contribution >= 4 is 17.3 Å². The van der Waals surface area contributed by atoms with Gasteiger partial charge in [-0.25, -0.2) is 0 Å². The Labute approximate surface area is 91.5 Å². The Morgan fingerprint density at radius 3 is 2.50 bits per heavy atom. The van der Waals surface area contributed by atoms with Gasteiger partial charge in [-0.2, -0.15) is 0 Å². The first-order chi connectivity index (χ1) is 6.72. The average Bonchev–Trinajstić information content (AvgIpc) is 2.17. The number of hydrogen-bond acceptors (Lipinski definition) is 1. The molecule has 0 saturated heterocycles. The van der Waals surface area contributed by atoms with Crippen LogP contribution in [0.1, 0.15) is 26.7 Å². The van der Waals surface area contributed by atoms with Crippen molar-refractivity contribution in [1.29, 1.82) is 0 Å². The number of benzene rings is 1. The Balaban J connectivity index is 2.34. The number of hydrogen-bond donors (Lipinski definition) is 1. The highest BCUT2D eigenvalue weighted by Crippen LogP contribution is 2.14. The van der Waals surface area contributed by atoms with Gasteiger partial charge in [0.1, 0.15) is 0 Å². The molecule has 0 bridgehead atoms. The third-order valence-electron chi connectivity index (χ3n) is 2.28. The summed E-state index contributed by atoms with van der Waals surface area (Å²) in [6.45, 7) is 5.53. The zero-order valence-corrected chi connectivity index (χ0v) is 9.64. The maximum absolute atomic E-state index is 5.80. The van der Waals surface area contributed by atoms with Crippen molar-refractivity contribution in [2.24, 2.45) is 5.92 Å². The second-order valence-corrected chi connectivity index (χ2v) is 4.22. The molecule has 0 heterocycles. The summed E-state index contributed by atoms with van der Waals surface area (Å²) >= 11 is 5.80. The minimum atomic E-state index is 0.732. The van der Waals surface area contributed by atoms with E-state index in [4.69, 9.17) is 11.6 Å². The third-order valence-corrected chi connectivity index (χ3v) is 2.53. The summed E-state index contributed by atoms with van der Waals surface area (Å²) in [7, 11) is 0. The Morgan fingerprint density at radius 1 is 1.29 bits per heavy atom. The van der Waals surface area contributed by atoms with E-state index in [9.17, 15) is 0 Å². The van der Waals surface area contributed by atoms with Crippen LogP contribution in [0.4, 0.5) is 5.69 Å². The summed E-state index contributed by atoms with van der Waals surface area (Å²) < 4.78 is 0. The number of rotatable bonds is 5. The lowest BCUT2D eigenvalue weighted by atomic mass is 10.1. The summed E-state index contributed by atoms with van der Waals surface area (Å²) in [5.41, 5.74) is 1.15. The third kappa shape index (κ3) is 4.01. The number of nitrogens with one attached hydrogen (secondary N) is 1. The summed E-state index contributed by atoms with van der Waals surface area (Å²) in [5.74, 6) is 0.732. The molecule has 0 radical (unpaired) electrons. The van der Waals surface area contributed by atoms with Crippen LogP contribution >= 0.6 is 11.6 Å². The average molecular weight is 212 g/mol. The van der Waals surface area contributed by atoms with E-state index in [0.717, 1.165) is 23.2 Å². The first-order valence-electron chi connectivity index (χ1n) is 5.21. The minimum absolute atomic E-state index is 0.732. The standard InChI is InChI=1S/C12H18ClN/c1-3-4-10(2)9-14-12-7-5-11(13)6-8-12/h5-8,10,14H,3-4,9H2,1-2H3. The molecule has 1 nitrogen and oxygen atoms in total. The van der Waals surface area contributed by atoms with E-state index >= 15 is 0 Å². The normalized spacial score (nSPS) is 12.5. The Bertz CT molecular complexity index is 256. The monoisotopic (exact) mass is 211 g/mol. The van der Waals surface area contributed by atoms with E-state index in [1.807, 2.05) is 24.3 Å². The van der Waals surface area contributed by atoms with E-state index in [0.29, 0.717) is 0 Å². The van der Waals surface area contributed by atoms with Gasteiger partial charge in [0.2, 0.25) is 0 Å². The molecular weight excluding hydrogens is 194 g/mol. The molecule has 0 spiro atoms. The summed E-state index contributed by atoms with van der Waals surface area (Å²) in [6.07, 6.45) is 2.53. The lowest BCUT2D eigenvalue weighted by Crippen LogP contribution is -2.10. The second kappa shape index (κ2) is 5.92. The lowest BCUT2D eigenvalue weighted by Gasteiger charge is -2.12. The first kappa shape index (κ1) is 11.4. The smallest absolute Gasteiger partial charge is 0.0407 e. The molecule has 14 heavy (non-hydrogen) atoms. The molecule has 0 amide bonds. The summed E-state index contributed by atoms with van der Waals surface area (Å²) in [6, 6.07) is 7.85. The van der Waals surface area contributed by atoms with Crippen molar-refractivity contribution in [3.8, 4) is 0 Å². The molecule has 1 aromatic carbocycles. The Morgan fingerprint density at radius 2 is 1.93 bits per heavy atom. The summed E-state index contributed by atoms with van der Waals surface area (Å²) in [4.78, 5) is 0. The van der Waals surface area contributed by atoms with Crippen LogP contribution < -0.4 is 5.32 Å². The van der Waals surface area contributed by atoms with Crippen LogP contribution in [-0.4, -0.2) is 6.54 Å². The van der Waals surface area contributed by atoms with Gasteiger partial charge >= 0.3 is 0 Å². The minimum Gasteiger partial charge on any atom is -0.385 e. The van der Waals surface area contributed by atoms with Crippen LogP contribution in [0.25, 0.3) is 0 Å². The van der Waals surface area contributed by atoms with E-state index in [1.165, 1.54) is 12.8 Å². The summed E-state index contributed by atoms with van der Waals surface area (Å²) in [5, 5.41) is 4.19.